The van der Waals surface area contributed by atoms with Crippen molar-refractivity contribution in [3.63, 3.8) is 0 Å². The highest BCUT2D eigenvalue weighted by Gasteiger charge is 2.40. The normalized spacial score (nSPS) is 21.7. The standard InChI is InChI=1S/C18H23F3N6O/c1-25-7-6-14(23-25)27-17(22)15(16(24-27)18(19,20)21)12-2-4-13(5-3-12)26-8-10-28-11-9-26/h2,6-7,13H,3-5,8-11,22H2,1H3. The number of anilines is 1. The van der Waals surface area contributed by atoms with Crippen LogP contribution in [-0.2, 0) is 18.0 Å². The van der Waals surface area contributed by atoms with Gasteiger partial charge in [-0.2, -0.15) is 28.1 Å². The molecule has 2 aromatic rings. The monoisotopic (exact) mass is 396 g/mol. The Morgan fingerprint density at radius 2 is 1.96 bits per heavy atom. The second-order valence-corrected chi connectivity index (χ2v) is 7.17. The molecule has 1 fully saturated rings. The van der Waals surface area contributed by atoms with Gasteiger partial charge in [0.1, 0.15) is 5.82 Å². The first-order valence-corrected chi connectivity index (χ1v) is 9.31. The Balaban J connectivity index is 1.67. The SMILES string of the molecule is Cn1ccc(-n2nc(C(F)(F)F)c(C3=CCC(N4CCOCC4)CC3)c2N)n1. The molecule has 0 amide bonds. The van der Waals surface area contributed by atoms with E-state index in [0.29, 0.717) is 37.7 Å². The Kier molecular flexibility index (Phi) is 4.92. The van der Waals surface area contributed by atoms with Crippen LogP contribution in [0.25, 0.3) is 11.4 Å². The van der Waals surface area contributed by atoms with Gasteiger partial charge in [-0.3, -0.25) is 9.58 Å². The second-order valence-electron chi connectivity index (χ2n) is 7.17. The molecule has 0 aromatic carbocycles. The number of ether oxygens (including phenoxy) is 1. The van der Waals surface area contributed by atoms with Crippen LogP contribution in [0.5, 0.6) is 0 Å². The molecule has 1 aliphatic carbocycles. The summed E-state index contributed by atoms with van der Waals surface area (Å²) in [6.45, 7) is 3.13. The highest BCUT2D eigenvalue weighted by molar-refractivity contribution is 5.77. The van der Waals surface area contributed by atoms with E-state index in [1.807, 2.05) is 6.08 Å². The first-order valence-electron chi connectivity index (χ1n) is 9.31. The van der Waals surface area contributed by atoms with Crippen molar-refractivity contribution < 1.29 is 17.9 Å². The van der Waals surface area contributed by atoms with Gasteiger partial charge in [0, 0.05) is 38.4 Å². The van der Waals surface area contributed by atoms with Gasteiger partial charge in [-0.25, -0.2) is 0 Å². The van der Waals surface area contributed by atoms with E-state index in [-0.39, 0.29) is 17.2 Å². The minimum Gasteiger partial charge on any atom is -0.383 e. The van der Waals surface area contributed by atoms with Gasteiger partial charge in [0.2, 0.25) is 0 Å². The van der Waals surface area contributed by atoms with Gasteiger partial charge >= 0.3 is 6.18 Å². The Morgan fingerprint density at radius 3 is 2.54 bits per heavy atom. The molecule has 2 N–H and O–H groups in total. The third kappa shape index (κ3) is 3.53. The highest BCUT2D eigenvalue weighted by Crippen LogP contribution is 2.41. The van der Waals surface area contributed by atoms with E-state index < -0.39 is 11.9 Å². The lowest BCUT2D eigenvalue weighted by atomic mass is 9.89. The number of allylic oxidation sites excluding steroid dienone is 1. The van der Waals surface area contributed by atoms with E-state index in [0.717, 1.165) is 24.2 Å². The minimum atomic E-state index is -4.59. The van der Waals surface area contributed by atoms with Gasteiger partial charge < -0.3 is 10.5 Å². The summed E-state index contributed by atoms with van der Waals surface area (Å²) in [5, 5.41) is 7.90. The summed E-state index contributed by atoms with van der Waals surface area (Å²) in [6.07, 6.45) is 0.942. The second kappa shape index (κ2) is 7.25. The number of rotatable bonds is 3. The Hall–Kier alpha value is -2.33. The van der Waals surface area contributed by atoms with Crippen molar-refractivity contribution in [1.29, 1.82) is 0 Å². The van der Waals surface area contributed by atoms with Crippen molar-refractivity contribution in [2.75, 3.05) is 32.0 Å². The van der Waals surface area contributed by atoms with Gasteiger partial charge in [0.15, 0.2) is 11.5 Å². The maximum atomic E-state index is 13.7. The van der Waals surface area contributed by atoms with Crippen LogP contribution in [0.15, 0.2) is 18.3 Å². The summed E-state index contributed by atoms with van der Waals surface area (Å²) >= 11 is 0. The first kappa shape index (κ1) is 19.0. The van der Waals surface area contributed by atoms with E-state index in [2.05, 4.69) is 15.1 Å². The lowest BCUT2D eigenvalue weighted by Gasteiger charge is -2.36. The molecule has 1 unspecified atom stereocenters. The Bertz CT molecular complexity index is 879. The van der Waals surface area contributed by atoms with Crippen molar-refractivity contribution in [2.24, 2.45) is 7.05 Å². The maximum Gasteiger partial charge on any atom is 0.435 e. The van der Waals surface area contributed by atoms with Gasteiger partial charge in [0.05, 0.1) is 18.8 Å². The molecule has 152 valence electrons. The molecule has 0 radical (unpaired) electrons. The average molecular weight is 396 g/mol. The zero-order valence-corrected chi connectivity index (χ0v) is 15.6. The molecule has 10 heteroatoms. The quantitative estimate of drug-likeness (QED) is 0.863. The van der Waals surface area contributed by atoms with Crippen molar-refractivity contribution in [2.45, 2.75) is 31.5 Å². The van der Waals surface area contributed by atoms with Gasteiger partial charge in [-0.05, 0) is 24.8 Å². The predicted molar refractivity (Wildman–Crippen MR) is 97.8 cm³/mol. The first-order chi connectivity index (χ1) is 13.3. The van der Waals surface area contributed by atoms with Crippen LogP contribution in [0.4, 0.5) is 19.0 Å². The van der Waals surface area contributed by atoms with Crippen molar-refractivity contribution in [3.8, 4) is 5.82 Å². The topological polar surface area (TPSA) is 74.1 Å². The predicted octanol–water partition coefficient (Wildman–Crippen LogP) is 2.47. The molecule has 2 aliphatic rings. The zero-order chi connectivity index (χ0) is 19.9. The van der Waals surface area contributed by atoms with Crippen LogP contribution in [0.2, 0.25) is 0 Å². The number of alkyl halides is 3. The number of aryl methyl sites for hydroxylation is 1. The zero-order valence-electron chi connectivity index (χ0n) is 15.6. The summed E-state index contributed by atoms with van der Waals surface area (Å²) in [4.78, 5) is 2.35. The summed E-state index contributed by atoms with van der Waals surface area (Å²) in [5.74, 6) is 0.237. The highest BCUT2D eigenvalue weighted by atomic mass is 19.4. The number of hydrogen-bond acceptors (Lipinski definition) is 5. The number of aromatic nitrogens is 4. The van der Waals surface area contributed by atoms with Crippen LogP contribution in [-0.4, -0.2) is 56.8 Å². The smallest absolute Gasteiger partial charge is 0.383 e. The van der Waals surface area contributed by atoms with E-state index >= 15 is 0 Å². The molecule has 1 aliphatic heterocycles. The van der Waals surface area contributed by atoms with Crippen LogP contribution >= 0.6 is 0 Å². The fourth-order valence-corrected chi connectivity index (χ4v) is 3.96. The van der Waals surface area contributed by atoms with Crippen molar-refractivity contribution in [3.05, 3.63) is 29.6 Å². The van der Waals surface area contributed by atoms with Crippen molar-refractivity contribution >= 4 is 11.4 Å². The third-order valence-electron chi connectivity index (χ3n) is 5.37. The minimum absolute atomic E-state index is 0.0152. The van der Waals surface area contributed by atoms with E-state index in [9.17, 15) is 13.2 Å². The summed E-state index contributed by atoms with van der Waals surface area (Å²) < 4.78 is 49.0. The summed E-state index contributed by atoms with van der Waals surface area (Å²) in [5.41, 5.74) is 5.77. The van der Waals surface area contributed by atoms with E-state index in [1.54, 1.807) is 19.3 Å². The van der Waals surface area contributed by atoms with Crippen molar-refractivity contribution in [1.82, 2.24) is 24.5 Å². The average Bonchev–Trinajstić information content (AvgIpc) is 3.25. The van der Waals surface area contributed by atoms with Gasteiger partial charge in [0.25, 0.3) is 0 Å². The molecule has 7 nitrogen and oxygen atoms in total. The number of hydrogen-bond donors (Lipinski definition) is 1. The maximum absolute atomic E-state index is 13.7. The summed E-state index contributed by atoms with van der Waals surface area (Å²) in [6, 6.07) is 1.91. The van der Waals surface area contributed by atoms with Crippen LogP contribution in [0.1, 0.15) is 30.5 Å². The molecule has 28 heavy (non-hydrogen) atoms. The number of halogens is 3. The van der Waals surface area contributed by atoms with Crippen LogP contribution < -0.4 is 5.73 Å². The van der Waals surface area contributed by atoms with Crippen LogP contribution in [0.3, 0.4) is 0 Å². The van der Waals surface area contributed by atoms with E-state index in [1.165, 1.54) is 4.68 Å². The van der Waals surface area contributed by atoms with Crippen LogP contribution in [0, 0.1) is 0 Å². The molecule has 2 aromatic heterocycles. The number of nitrogen functional groups attached to an aromatic ring is 1. The van der Waals surface area contributed by atoms with Gasteiger partial charge in [-0.1, -0.05) is 6.08 Å². The molecule has 3 heterocycles. The molecule has 0 bridgehead atoms. The fraction of sp³-hybridized carbons (Fsp3) is 0.556. The Morgan fingerprint density at radius 1 is 1.21 bits per heavy atom. The number of morpholine rings is 1. The van der Waals surface area contributed by atoms with Gasteiger partial charge in [-0.15, -0.1) is 0 Å². The lowest BCUT2D eigenvalue weighted by molar-refractivity contribution is -0.141. The number of nitrogens with two attached hydrogens (primary N) is 1. The fourth-order valence-electron chi connectivity index (χ4n) is 3.96. The molecule has 0 spiro atoms. The molecule has 1 atom stereocenters. The largest absolute Gasteiger partial charge is 0.435 e. The molecular weight excluding hydrogens is 373 g/mol. The molecular formula is C18H23F3N6O. The molecule has 4 rings (SSSR count). The summed E-state index contributed by atoms with van der Waals surface area (Å²) in [7, 11) is 1.68. The molecule has 1 saturated heterocycles. The number of nitrogens with zero attached hydrogens (tertiary/aromatic N) is 5. The lowest BCUT2D eigenvalue weighted by Crippen LogP contribution is -2.44. The Labute approximate surface area is 160 Å². The third-order valence-corrected chi connectivity index (χ3v) is 5.37. The van der Waals surface area contributed by atoms with E-state index in [4.69, 9.17) is 10.5 Å². The molecule has 0 saturated carbocycles.